The standard InChI is InChI=1S/C13H10N2O2S/c1-8-11(9-2-4-10(16)5-3-9)12(17)15-6-7-18-13(15)14-8/h2-7,16H,1H3. The average Bonchev–Trinajstić information content (AvgIpc) is 2.80. The van der Waals surface area contributed by atoms with Crippen molar-refractivity contribution in [1.82, 2.24) is 9.38 Å². The van der Waals surface area contributed by atoms with Gasteiger partial charge in [-0.05, 0) is 24.6 Å². The Morgan fingerprint density at radius 3 is 2.72 bits per heavy atom. The van der Waals surface area contributed by atoms with Crippen molar-refractivity contribution in [3.8, 4) is 16.9 Å². The van der Waals surface area contributed by atoms with Crippen LogP contribution in [0.1, 0.15) is 5.69 Å². The van der Waals surface area contributed by atoms with E-state index < -0.39 is 0 Å². The molecule has 0 aliphatic heterocycles. The largest absolute Gasteiger partial charge is 0.508 e. The topological polar surface area (TPSA) is 54.6 Å². The van der Waals surface area contributed by atoms with Gasteiger partial charge in [-0.3, -0.25) is 9.20 Å². The first kappa shape index (κ1) is 11.0. The molecule has 90 valence electrons. The molecule has 0 atom stereocenters. The molecule has 0 aliphatic carbocycles. The SMILES string of the molecule is Cc1nc2sccn2c(=O)c1-c1ccc(O)cc1. The lowest BCUT2D eigenvalue weighted by atomic mass is 10.1. The Kier molecular flexibility index (Phi) is 2.41. The van der Waals surface area contributed by atoms with E-state index in [0.717, 1.165) is 5.56 Å². The van der Waals surface area contributed by atoms with Gasteiger partial charge in [0, 0.05) is 11.6 Å². The predicted molar refractivity (Wildman–Crippen MR) is 71.2 cm³/mol. The third kappa shape index (κ3) is 1.60. The van der Waals surface area contributed by atoms with E-state index in [9.17, 15) is 9.90 Å². The summed E-state index contributed by atoms with van der Waals surface area (Å²) in [5.74, 6) is 0.182. The minimum Gasteiger partial charge on any atom is -0.508 e. The maximum Gasteiger partial charge on any atom is 0.266 e. The van der Waals surface area contributed by atoms with E-state index in [-0.39, 0.29) is 11.3 Å². The molecule has 0 amide bonds. The molecule has 0 spiro atoms. The highest BCUT2D eigenvalue weighted by molar-refractivity contribution is 7.15. The fraction of sp³-hybridized carbons (Fsp3) is 0.0769. The second-order valence-corrected chi connectivity index (χ2v) is 4.85. The van der Waals surface area contributed by atoms with E-state index in [0.29, 0.717) is 16.2 Å². The van der Waals surface area contributed by atoms with Crippen molar-refractivity contribution < 1.29 is 5.11 Å². The monoisotopic (exact) mass is 258 g/mol. The van der Waals surface area contributed by atoms with Gasteiger partial charge in [-0.15, -0.1) is 11.3 Å². The summed E-state index contributed by atoms with van der Waals surface area (Å²) in [6, 6.07) is 6.58. The summed E-state index contributed by atoms with van der Waals surface area (Å²) in [4.78, 5) is 17.5. The van der Waals surface area contributed by atoms with Crippen LogP contribution in [0.15, 0.2) is 40.6 Å². The molecule has 0 saturated heterocycles. The number of fused-ring (bicyclic) bond motifs is 1. The summed E-state index contributed by atoms with van der Waals surface area (Å²) < 4.78 is 1.54. The Morgan fingerprint density at radius 1 is 1.28 bits per heavy atom. The van der Waals surface area contributed by atoms with Gasteiger partial charge in [0.05, 0.1) is 11.3 Å². The maximum atomic E-state index is 12.4. The normalized spacial score (nSPS) is 10.9. The minimum atomic E-state index is -0.0792. The number of hydrogen-bond acceptors (Lipinski definition) is 4. The third-order valence-corrected chi connectivity index (χ3v) is 3.56. The highest BCUT2D eigenvalue weighted by Gasteiger charge is 2.12. The van der Waals surface area contributed by atoms with Gasteiger partial charge < -0.3 is 5.11 Å². The van der Waals surface area contributed by atoms with Crippen molar-refractivity contribution in [3.05, 3.63) is 51.9 Å². The molecule has 3 rings (SSSR count). The number of phenolic OH excluding ortho intramolecular Hbond substituents is 1. The zero-order valence-electron chi connectivity index (χ0n) is 9.62. The number of aryl methyl sites for hydroxylation is 1. The summed E-state index contributed by atoms with van der Waals surface area (Å²) in [6.07, 6.45) is 1.72. The minimum absolute atomic E-state index is 0.0792. The zero-order chi connectivity index (χ0) is 12.7. The summed E-state index contributed by atoms with van der Waals surface area (Å²) in [6.45, 7) is 1.82. The van der Waals surface area contributed by atoms with Crippen molar-refractivity contribution >= 4 is 16.3 Å². The maximum absolute atomic E-state index is 12.4. The van der Waals surface area contributed by atoms with Gasteiger partial charge in [0.15, 0.2) is 4.96 Å². The molecule has 2 aromatic heterocycles. The summed E-state index contributed by atoms with van der Waals surface area (Å²) in [7, 11) is 0. The first-order valence-corrected chi connectivity index (χ1v) is 6.30. The number of thiazole rings is 1. The highest BCUT2D eigenvalue weighted by atomic mass is 32.1. The van der Waals surface area contributed by atoms with Crippen LogP contribution in [0, 0.1) is 6.92 Å². The van der Waals surface area contributed by atoms with Gasteiger partial charge in [-0.1, -0.05) is 12.1 Å². The molecule has 5 heteroatoms. The van der Waals surface area contributed by atoms with Gasteiger partial charge in [-0.2, -0.15) is 0 Å². The molecule has 1 aromatic carbocycles. The van der Waals surface area contributed by atoms with E-state index >= 15 is 0 Å². The van der Waals surface area contributed by atoms with Crippen LogP contribution in [0.2, 0.25) is 0 Å². The van der Waals surface area contributed by atoms with Crippen LogP contribution < -0.4 is 5.56 Å². The fourth-order valence-electron chi connectivity index (χ4n) is 1.94. The molecule has 0 aliphatic rings. The van der Waals surface area contributed by atoms with Gasteiger partial charge in [0.25, 0.3) is 5.56 Å². The molecule has 4 nitrogen and oxygen atoms in total. The van der Waals surface area contributed by atoms with E-state index in [1.807, 2.05) is 12.3 Å². The van der Waals surface area contributed by atoms with Crippen LogP contribution >= 0.6 is 11.3 Å². The van der Waals surface area contributed by atoms with Crippen LogP contribution in [-0.4, -0.2) is 14.5 Å². The Labute approximate surface area is 107 Å². The second kappa shape index (κ2) is 3.96. The van der Waals surface area contributed by atoms with Crippen molar-refractivity contribution in [1.29, 1.82) is 0 Å². The fourth-order valence-corrected chi connectivity index (χ4v) is 2.69. The second-order valence-electron chi connectivity index (χ2n) is 3.98. The van der Waals surface area contributed by atoms with E-state index in [1.165, 1.54) is 11.3 Å². The number of hydrogen-bond donors (Lipinski definition) is 1. The molecular formula is C13H10N2O2S. The summed E-state index contributed by atoms with van der Waals surface area (Å²) in [5, 5.41) is 11.1. The summed E-state index contributed by atoms with van der Waals surface area (Å²) >= 11 is 1.43. The number of rotatable bonds is 1. The van der Waals surface area contributed by atoms with Crippen LogP contribution in [0.4, 0.5) is 0 Å². The smallest absolute Gasteiger partial charge is 0.266 e. The average molecular weight is 258 g/mol. The molecule has 0 radical (unpaired) electrons. The predicted octanol–water partition coefficient (Wildman–Crippen LogP) is 2.44. The molecule has 0 bridgehead atoms. The number of aromatic nitrogens is 2. The lowest BCUT2D eigenvalue weighted by molar-refractivity contribution is 0.475. The Balaban J connectivity index is 2.34. The molecule has 2 heterocycles. The Bertz CT molecular complexity index is 772. The van der Waals surface area contributed by atoms with Crippen LogP contribution in [0.5, 0.6) is 5.75 Å². The molecular weight excluding hydrogens is 248 g/mol. The van der Waals surface area contributed by atoms with E-state index in [2.05, 4.69) is 4.98 Å². The van der Waals surface area contributed by atoms with Crippen LogP contribution in [0.3, 0.4) is 0 Å². The Hall–Kier alpha value is -2.14. The van der Waals surface area contributed by atoms with Crippen molar-refractivity contribution in [2.24, 2.45) is 0 Å². The van der Waals surface area contributed by atoms with Crippen molar-refractivity contribution in [2.45, 2.75) is 6.92 Å². The Morgan fingerprint density at radius 2 is 2.00 bits per heavy atom. The van der Waals surface area contributed by atoms with Crippen LogP contribution in [0.25, 0.3) is 16.1 Å². The van der Waals surface area contributed by atoms with Gasteiger partial charge >= 0.3 is 0 Å². The molecule has 0 fully saturated rings. The zero-order valence-corrected chi connectivity index (χ0v) is 10.4. The van der Waals surface area contributed by atoms with Crippen LogP contribution in [-0.2, 0) is 0 Å². The van der Waals surface area contributed by atoms with E-state index in [1.54, 1.807) is 34.9 Å². The molecule has 1 N–H and O–H groups in total. The first-order valence-electron chi connectivity index (χ1n) is 5.42. The highest BCUT2D eigenvalue weighted by Crippen LogP contribution is 2.22. The lowest BCUT2D eigenvalue weighted by Gasteiger charge is -2.05. The number of aromatic hydroxyl groups is 1. The van der Waals surface area contributed by atoms with Crippen molar-refractivity contribution in [3.63, 3.8) is 0 Å². The molecule has 3 aromatic rings. The molecule has 18 heavy (non-hydrogen) atoms. The molecule has 0 saturated carbocycles. The quantitative estimate of drug-likeness (QED) is 0.729. The van der Waals surface area contributed by atoms with E-state index in [4.69, 9.17) is 0 Å². The third-order valence-electron chi connectivity index (χ3n) is 2.80. The number of nitrogens with zero attached hydrogens (tertiary/aromatic N) is 2. The van der Waals surface area contributed by atoms with Crippen molar-refractivity contribution in [2.75, 3.05) is 0 Å². The van der Waals surface area contributed by atoms with Gasteiger partial charge in [0.2, 0.25) is 0 Å². The first-order chi connectivity index (χ1) is 8.66. The number of phenols is 1. The van der Waals surface area contributed by atoms with Gasteiger partial charge in [-0.25, -0.2) is 4.98 Å². The van der Waals surface area contributed by atoms with Gasteiger partial charge in [0.1, 0.15) is 5.75 Å². The lowest BCUT2D eigenvalue weighted by Crippen LogP contribution is -2.16. The summed E-state index contributed by atoms with van der Waals surface area (Å²) in [5.41, 5.74) is 1.96. The molecule has 0 unspecified atom stereocenters. The number of benzene rings is 1.